The van der Waals surface area contributed by atoms with E-state index in [1.54, 1.807) is 11.3 Å². The monoisotopic (exact) mass is 297 g/mol. The van der Waals surface area contributed by atoms with Gasteiger partial charge in [-0.1, -0.05) is 29.7 Å². The Morgan fingerprint density at radius 1 is 1.21 bits per heavy atom. The van der Waals surface area contributed by atoms with Crippen molar-refractivity contribution in [3.05, 3.63) is 10.7 Å². The Kier molecular flexibility index (Phi) is 5.35. The zero-order valence-corrected chi connectivity index (χ0v) is 13.1. The summed E-state index contributed by atoms with van der Waals surface area (Å²) < 4.78 is 3.93. The van der Waals surface area contributed by atoms with Crippen molar-refractivity contribution in [2.75, 3.05) is 13.1 Å². The van der Waals surface area contributed by atoms with Crippen LogP contribution in [0.4, 0.5) is 0 Å². The minimum absolute atomic E-state index is 0.704. The number of nitrogens with one attached hydrogen (secondary N) is 1. The summed E-state index contributed by atoms with van der Waals surface area (Å²) in [4.78, 5) is 1.04. The van der Waals surface area contributed by atoms with Crippen LogP contribution >= 0.6 is 22.9 Å². The molecule has 0 saturated heterocycles. The minimum Gasteiger partial charge on any atom is -0.316 e. The summed E-state index contributed by atoms with van der Waals surface area (Å²) in [6.07, 6.45) is 2.08. The van der Waals surface area contributed by atoms with E-state index < -0.39 is 0 Å². The molecule has 104 valence electrons. The molecule has 0 amide bonds. The Morgan fingerprint density at radius 3 is 2.74 bits per heavy atom. The van der Waals surface area contributed by atoms with Crippen molar-refractivity contribution in [1.29, 1.82) is 0 Å². The highest BCUT2D eigenvalue weighted by Crippen LogP contribution is 2.28. The lowest BCUT2D eigenvalue weighted by atomic mass is 10.2. The third-order valence-electron chi connectivity index (χ3n) is 2.61. The van der Waals surface area contributed by atoms with Gasteiger partial charge in [-0.05, 0) is 43.9 Å². The average molecular weight is 297 g/mol. The molecule has 2 rings (SSSR count). The molecule has 0 spiro atoms. The van der Waals surface area contributed by atoms with Crippen molar-refractivity contribution in [3.63, 3.8) is 0 Å². The highest BCUT2D eigenvalue weighted by molar-refractivity contribution is 7.19. The average Bonchev–Trinajstić information content (AvgIpc) is 2.97. The van der Waals surface area contributed by atoms with E-state index in [0.717, 1.165) is 46.5 Å². The molecule has 0 aromatic carbocycles. The number of nitrogens with zero attached hydrogens (tertiary/aromatic N) is 4. The number of aryl methyl sites for hydroxylation is 2. The van der Waals surface area contributed by atoms with Gasteiger partial charge >= 0.3 is 0 Å². The lowest BCUT2D eigenvalue weighted by Crippen LogP contribution is -2.21. The van der Waals surface area contributed by atoms with E-state index in [0.29, 0.717) is 5.92 Å². The maximum Gasteiger partial charge on any atom is 0.161 e. The van der Waals surface area contributed by atoms with Crippen LogP contribution in [-0.4, -0.2) is 32.9 Å². The molecule has 0 radical (unpaired) electrons. The van der Waals surface area contributed by atoms with Crippen LogP contribution in [0.5, 0.6) is 0 Å². The lowest BCUT2D eigenvalue weighted by Gasteiger charge is -2.05. The van der Waals surface area contributed by atoms with Gasteiger partial charge in [0.25, 0.3) is 0 Å². The van der Waals surface area contributed by atoms with Gasteiger partial charge in [-0.2, -0.15) is 0 Å². The maximum atomic E-state index is 4.24. The van der Waals surface area contributed by atoms with Gasteiger partial charge in [-0.3, -0.25) is 0 Å². The largest absolute Gasteiger partial charge is 0.316 e. The topological polar surface area (TPSA) is 63.6 Å². The molecule has 0 fully saturated rings. The summed E-state index contributed by atoms with van der Waals surface area (Å²) in [6.45, 7) is 8.50. The van der Waals surface area contributed by atoms with E-state index in [4.69, 9.17) is 0 Å². The fourth-order valence-electron chi connectivity index (χ4n) is 1.63. The van der Waals surface area contributed by atoms with Gasteiger partial charge in [0.2, 0.25) is 0 Å². The Balaban J connectivity index is 1.80. The van der Waals surface area contributed by atoms with Gasteiger partial charge in [-0.25, -0.2) is 0 Å². The van der Waals surface area contributed by atoms with Crippen molar-refractivity contribution in [3.8, 4) is 9.88 Å². The summed E-state index contributed by atoms with van der Waals surface area (Å²) in [5, 5.41) is 17.9. The van der Waals surface area contributed by atoms with Crippen LogP contribution in [0.1, 0.15) is 31.0 Å². The van der Waals surface area contributed by atoms with Crippen molar-refractivity contribution in [1.82, 2.24) is 25.1 Å². The van der Waals surface area contributed by atoms with Gasteiger partial charge in [-0.15, -0.1) is 15.3 Å². The van der Waals surface area contributed by atoms with Gasteiger partial charge < -0.3 is 5.32 Å². The summed E-state index contributed by atoms with van der Waals surface area (Å²) in [5.41, 5.74) is 0.936. The van der Waals surface area contributed by atoms with Gasteiger partial charge in [0.05, 0.1) is 5.69 Å². The molecule has 0 aliphatic rings. The van der Waals surface area contributed by atoms with E-state index in [-0.39, 0.29) is 0 Å². The summed E-state index contributed by atoms with van der Waals surface area (Å²) in [7, 11) is 0. The predicted molar refractivity (Wildman–Crippen MR) is 79.6 cm³/mol. The molecule has 2 aromatic heterocycles. The second-order valence-electron chi connectivity index (χ2n) is 4.89. The zero-order chi connectivity index (χ0) is 13.7. The molecule has 0 atom stereocenters. The third kappa shape index (κ3) is 4.29. The molecule has 0 saturated carbocycles. The van der Waals surface area contributed by atoms with E-state index in [1.165, 1.54) is 11.5 Å². The van der Waals surface area contributed by atoms with Gasteiger partial charge in [0.1, 0.15) is 9.88 Å². The van der Waals surface area contributed by atoms with Crippen molar-refractivity contribution >= 4 is 22.9 Å². The van der Waals surface area contributed by atoms with Gasteiger partial charge in [0, 0.05) is 6.42 Å². The second-order valence-corrected chi connectivity index (χ2v) is 6.71. The summed E-state index contributed by atoms with van der Waals surface area (Å²) in [6, 6.07) is 0. The van der Waals surface area contributed by atoms with Crippen molar-refractivity contribution in [2.45, 2.75) is 33.6 Å². The molecule has 2 aromatic rings. The molecule has 0 aliphatic carbocycles. The van der Waals surface area contributed by atoms with Crippen LogP contribution in [0.3, 0.4) is 0 Å². The van der Waals surface area contributed by atoms with Crippen LogP contribution in [0.25, 0.3) is 9.88 Å². The smallest absolute Gasteiger partial charge is 0.161 e. The van der Waals surface area contributed by atoms with Crippen LogP contribution < -0.4 is 5.32 Å². The third-order valence-corrected chi connectivity index (χ3v) is 4.57. The van der Waals surface area contributed by atoms with Crippen LogP contribution in [0.2, 0.25) is 0 Å². The first kappa shape index (κ1) is 14.5. The van der Waals surface area contributed by atoms with E-state index in [1.807, 2.05) is 6.92 Å². The number of aromatic nitrogens is 4. The first-order chi connectivity index (χ1) is 9.16. The van der Waals surface area contributed by atoms with Crippen molar-refractivity contribution < 1.29 is 0 Å². The quantitative estimate of drug-likeness (QED) is 0.796. The first-order valence-corrected chi connectivity index (χ1v) is 8.08. The summed E-state index contributed by atoms with van der Waals surface area (Å²) >= 11 is 3.04. The molecule has 2 heterocycles. The Bertz CT molecular complexity index is 506. The molecule has 0 unspecified atom stereocenters. The van der Waals surface area contributed by atoms with E-state index in [2.05, 4.69) is 38.9 Å². The SMILES string of the molecule is Cc1nnsc1-c1nnc(CCCNCC(C)C)s1. The van der Waals surface area contributed by atoms with E-state index >= 15 is 0 Å². The molecular formula is C12H19N5S2. The lowest BCUT2D eigenvalue weighted by molar-refractivity contribution is 0.542. The highest BCUT2D eigenvalue weighted by atomic mass is 32.1. The van der Waals surface area contributed by atoms with Crippen LogP contribution in [-0.2, 0) is 6.42 Å². The number of rotatable bonds is 7. The molecule has 7 heteroatoms. The minimum atomic E-state index is 0.704. The fourth-order valence-corrected chi connectivity index (χ4v) is 3.28. The molecule has 0 bridgehead atoms. The van der Waals surface area contributed by atoms with Gasteiger partial charge in [0.15, 0.2) is 5.01 Å². The number of hydrogen-bond acceptors (Lipinski definition) is 7. The van der Waals surface area contributed by atoms with Crippen LogP contribution in [0.15, 0.2) is 0 Å². The highest BCUT2D eigenvalue weighted by Gasteiger charge is 2.12. The van der Waals surface area contributed by atoms with E-state index in [9.17, 15) is 0 Å². The van der Waals surface area contributed by atoms with Crippen molar-refractivity contribution in [2.24, 2.45) is 5.92 Å². The number of hydrogen-bond donors (Lipinski definition) is 1. The molecule has 19 heavy (non-hydrogen) atoms. The Labute approximate surface area is 121 Å². The fraction of sp³-hybridized carbons (Fsp3) is 0.667. The second kappa shape index (κ2) is 7.02. The Hall–Kier alpha value is -0.920. The first-order valence-electron chi connectivity index (χ1n) is 6.49. The van der Waals surface area contributed by atoms with Crippen LogP contribution in [0, 0.1) is 12.8 Å². The molecule has 0 aliphatic heterocycles. The maximum absolute atomic E-state index is 4.24. The normalized spacial score (nSPS) is 11.4. The predicted octanol–water partition coefficient (Wildman–Crippen LogP) is 2.54. The zero-order valence-electron chi connectivity index (χ0n) is 11.5. The molecule has 1 N–H and O–H groups in total. The Morgan fingerprint density at radius 2 is 2.05 bits per heavy atom. The standard InChI is InChI=1S/C12H19N5S2/c1-8(2)7-13-6-4-5-10-15-16-12(18-10)11-9(3)14-17-19-11/h8,13H,4-7H2,1-3H3. The summed E-state index contributed by atoms with van der Waals surface area (Å²) in [5.74, 6) is 0.704. The molecular weight excluding hydrogens is 278 g/mol. The molecule has 5 nitrogen and oxygen atoms in total.